The van der Waals surface area contributed by atoms with Crippen molar-refractivity contribution in [3.05, 3.63) is 17.7 Å². The molecule has 0 spiro atoms. The molecule has 0 aliphatic heterocycles. The second-order valence-electron chi connectivity index (χ2n) is 5.76. The van der Waals surface area contributed by atoms with Gasteiger partial charge in [0.1, 0.15) is 0 Å². The quantitative estimate of drug-likeness (QED) is 0.259. The number of ether oxygens (including phenoxy) is 2. The van der Waals surface area contributed by atoms with E-state index in [9.17, 15) is 14.7 Å². The van der Waals surface area contributed by atoms with Crippen molar-refractivity contribution in [3.8, 4) is 17.2 Å². The van der Waals surface area contributed by atoms with E-state index in [4.69, 9.17) is 14.6 Å². The molecule has 158 valence electrons. The minimum atomic E-state index is -0.888. The van der Waals surface area contributed by atoms with Crippen LogP contribution in [-0.4, -0.2) is 56.9 Å². The van der Waals surface area contributed by atoms with Gasteiger partial charge in [-0.15, -0.1) is 10.2 Å². The van der Waals surface area contributed by atoms with Gasteiger partial charge in [0.2, 0.25) is 5.75 Å². The van der Waals surface area contributed by atoms with Crippen molar-refractivity contribution in [2.24, 2.45) is 0 Å². The fraction of sp³-hybridized carbons (Fsp3) is 0.444. The summed E-state index contributed by atoms with van der Waals surface area (Å²) in [6.07, 6.45) is 1.47. The lowest BCUT2D eigenvalue weighted by Crippen LogP contribution is -2.05. The molecule has 2 aromatic rings. The highest BCUT2D eigenvalue weighted by Gasteiger charge is 2.18. The highest BCUT2D eigenvalue weighted by Crippen LogP contribution is 2.40. The Kier molecular flexibility index (Phi) is 9.55. The molecular formula is C18H22N2O6S3. The highest BCUT2D eigenvalue weighted by molar-refractivity contribution is 8.03. The number of carbonyl (C=O) groups excluding carboxylic acids is 1. The van der Waals surface area contributed by atoms with E-state index in [0.717, 1.165) is 28.3 Å². The molecule has 0 unspecified atom stereocenters. The second kappa shape index (κ2) is 11.9. The zero-order valence-corrected chi connectivity index (χ0v) is 18.5. The van der Waals surface area contributed by atoms with Crippen molar-refractivity contribution in [2.75, 3.05) is 24.7 Å². The van der Waals surface area contributed by atoms with Crippen molar-refractivity contribution >= 4 is 46.6 Å². The summed E-state index contributed by atoms with van der Waals surface area (Å²) >= 11 is 4.03. The molecular weight excluding hydrogens is 436 g/mol. The van der Waals surface area contributed by atoms with Crippen LogP contribution in [0.25, 0.3) is 0 Å². The molecule has 0 aliphatic carbocycles. The average molecular weight is 459 g/mol. The number of aromatic nitrogens is 2. The molecule has 0 bridgehead atoms. The van der Waals surface area contributed by atoms with Gasteiger partial charge in [-0.25, -0.2) is 0 Å². The van der Waals surface area contributed by atoms with Gasteiger partial charge < -0.3 is 19.7 Å². The van der Waals surface area contributed by atoms with Crippen LogP contribution in [0, 0.1) is 0 Å². The van der Waals surface area contributed by atoms with E-state index in [2.05, 4.69) is 10.2 Å². The predicted octanol–water partition coefficient (Wildman–Crippen LogP) is 3.97. The first-order valence-electron chi connectivity index (χ1n) is 8.85. The Morgan fingerprint density at radius 3 is 2.52 bits per heavy atom. The second-order valence-corrected chi connectivity index (χ2v) is 9.30. The molecule has 0 saturated heterocycles. The van der Waals surface area contributed by atoms with Crippen molar-refractivity contribution in [2.45, 2.75) is 35.4 Å². The number of carboxylic acids is 1. The molecule has 1 heterocycles. The molecule has 1 aromatic carbocycles. The van der Waals surface area contributed by atoms with Gasteiger partial charge in [0.05, 0.1) is 24.5 Å². The molecule has 0 fully saturated rings. The number of carbonyl (C=O) groups is 2. The van der Waals surface area contributed by atoms with Gasteiger partial charge in [0.25, 0.3) is 0 Å². The van der Waals surface area contributed by atoms with Crippen LogP contribution < -0.4 is 9.47 Å². The fourth-order valence-corrected chi connectivity index (χ4v) is 4.86. The topological polar surface area (TPSA) is 119 Å². The maximum absolute atomic E-state index is 11.6. The Balaban J connectivity index is 1.84. The number of rotatable bonds is 13. The van der Waals surface area contributed by atoms with E-state index in [1.807, 2.05) is 6.92 Å². The van der Waals surface area contributed by atoms with Crippen LogP contribution in [-0.2, 0) is 4.79 Å². The molecule has 0 atom stereocenters. The lowest BCUT2D eigenvalue weighted by atomic mass is 10.1. The minimum Gasteiger partial charge on any atom is -0.504 e. The number of hydrogen-bond donors (Lipinski definition) is 2. The van der Waals surface area contributed by atoms with Crippen LogP contribution in [0.3, 0.4) is 0 Å². The SMILES string of the molecule is CCCOc1c(OCCCSc2nnc(SCC(=O)O)s2)ccc(C(C)=O)c1O. The maximum atomic E-state index is 11.6. The number of thioether (sulfide) groups is 2. The van der Waals surface area contributed by atoms with Crippen molar-refractivity contribution in [3.63, 3.8) is 0 Å². The molecule has 2 N–H and O–H groups in total. The number of ketones is 1. The van der Waals surface area contributed by atoms with Crippen LogP contribution in [0.15, 0.2) is 20.8 Å². The van der Waals surface area contributed by atoms with Crippen molar-refractivity contribution in [1.82, 2.24) is 10.2 Å². The van der Waals surface area contributed by atoms with E-state index in [0.29, 0.717) is 29.7 Å². The summed E-state index contributed by atoms with van der Waals surface area (Å²) in [5, 5.41) is 27.0. The van der Waals surface area contributed by atoms with Crippen molar-refractivity contribution < 1.29 is 29.3 Å². The lowest BCUT2D eigenvalue weighted by molar-refractivity contribution is -0.133. The average Bonchev–Trinajstić information content (AvgIpc) is 3.13. The highest BCUT2D eigenvalue weighted by atomic mass is 32.2. The number of aliphatic carboxylic acids is 1. The maximum Gasteiger partial charge on any atom is 0.313 e. The molecule has 0 radical (unpaired) electrons. The molecule has 0 saturated carbocycles. The third kappa shape index (κ3) is 7.41. The zero-order chi connectivity index (χ0) is 21.2. The first-order chi connectivity index (χ1) is 13.9. The minimum absolute atomic E-state index is 0.0369. The smallest absolute Gasteiger partial charge is 0.313 e. The fourth-order valence-electron chi connectivity index (χ4n) is 2.13. The summed E-state index contributed by atoms with van der Waals surface area (Å²) < 4.78 is 12.7. The molecule has 0 aliphatic rings. The van der Waals surface area contributed by atoms with E-state index in [1.54, 1.807) is 6.07 Å². The number of benzene rings is 1. The number of hydrogen-bond acceptors (Lipinski definition) is 10. The summed E-state index contributed by atoms with van der Waals surface area (Å²) in [5.74, 6) is -0.0409. The summed E-state index contributed by atoms with van der Waals surface area (Å²) in [7, 11) is 0. The molecule has 29 heavy (non-hydrogen) atoms. The first kappa shape index (κ1) is 23.3. The third-order valence-electron chi connectivity index (χ3n) is 3.40. The number of phenols is 1. The number of carboxylic acid groups (broad SMARTS) is 1. The van der Waals surface area contributed by atoms with Crippen LogP contribution in [0.2, 0.25) is 0 Å². The largest absolute Gasteiger partial charge is 0.504 e. The Morgan fingerprint density at radius 2 is 1.86 bits per heavy atom. The zero-order valence-electron chi connectivity index (χ0n) is 16.0. The van der Waals surface area contributed by atoms with Crippen LogP contribution >= 0.6 is 34.9 Å². The molecule has 11 heteroatoms. The van der Waals surface area contributed by atoms with E-state index in [1.165, 1.54) is 36.1 Å². The van der Waals surface area contributed by atoms with Gasteiger partial charge >= 0.3 is 5.97 Å². The van der Waals surface area contributed by atoms with Gasteiger partial charge in [0.15, 0.2) is 26.0 Å². The monoisotopic (exact) mass is 458 g/mol. The van der Waals surface area contributed by atoms with Gasteiger partial charge in [-0.05, 0) is 31.9 Å². The van der Waals surface area contributed by atoms with E-state index >= 15 is 0 Å². The Bertz CT molecular complexity index is 843. The summed E-state index contributed by atoms with van der Waals surface area (Å²) in [4.78, 5) is 22.2. The normalized spacial score (nSPS) is 10.7. The Labute approximate surface area is 181 Å². The van der Waals surface area contributed by atoms with E-state index in [-0.39, 0.29) is 28.6 Å². The number of aromatic hydroxyl groups is 1. The first-order valence-corrected chi connectivity index (χ1v) is 11.6. The summed E-state index contributed by atoms with van der Waals surface area (Å²) in [6.45, 7) is 4.13. The number of Topliss-reactive ketones (excluding diaryl/α,β-unsaturated/α-hetero) is 1. The lowest BCUT2D eigenvalue weighted by Gasteiger charge is -2.15. The molecule has 1 aromatic heterocycles. The number of nitrogens with zero attached hydrogens (tertiary/aromatic N) is 2. The molecule has 0 amide bonds. The Morgan fingerprint density at radius 1 is 1.14 bits per heavy atom. The van der Waals surface area contributed by atoms with Crippen LogP contribution in [0.1, 0.15) is 37.0 Å². The number of phenolic OH excluding ortho intramolecular Hbond substituents is 1. The van der Waals surface area contributed by atoms with Crippen molar-refractivity contribution in [1.29, 1.82) is 0 Å². The van der Waals surface area contributed by atoms with Gasteiger partial charge in [-0.2, -0.15) is 0 Å². The standard InChI is InChI=1S/C18H22N2O6S3/c1-3-7-26-16-13(6-5-12(11(2)21)15(16)24)25-8-4-9-27-17-19-20-18(29-17)28-10-14(22)23/h5-6,24H,3-4,7-10H2,1-2H3,(H,22,23). The molecule has 8 nitrogen and oxygen atoms in total. The van der Waals surface area contributed by atoms with Crippen LogP contribution in [0.5, 0.6) is 17.2 Å². The molecule has 2 rings (SSSR count). The van der Waals surface area contributed by atoms with Crippen LogP contribution in [0.4, 0.5) is 0 Å². The predicted molar refractivity (Wildman–Crippen MR) is 113 cm³/mol. The van der Waals surface area contributed by atoms with Gasteiger partial charge in [-0.1, -0.05) is 41.8 Å². The summed E-state index contributed by atoms with van der Waals surface area (Å²) in [5.41, 5.74) is 0.201. The van der Waals surface area contributed by atoms with Gasteiger partial charge in [-0.3, -0.25) is 9.59 Å². The summed E-state index contributed by atoms with van der Waals surface area (Å²) in [6, 6.07) is 3.16. The van der Waals surface area contributed by atoms with E-state index < -0.39 is 5.97 Å². The Hall–Kier alpha value is -1.98. The van der Waals surface area contributed by atoms with Gasteiger partial charge in [0, 0.05) is 5.75 Å². The third-order valence-corrected chi connectivity index (χ3v) is 6.66.